The van der Waals surface area contributed by atoms with E-state index in [0.717, 1.165) is 38.9 Å². The lowest BCUT2D eigenvalue weighted by Crippen LogP contribution is -2.42. The van der Waals surface area contributed by atoms with E-state index in [1.807, 2.05) is 6.20 Å². The van der Waals surface area contributed by atoms with Crippen LogP contribution in [0, 0.1) is 11.8 Å². The summed E-state index contributed by atoms with van der Waals surface area (Å²) in [5, 5.41) is 10.9. The number of hydrogen-bond donors (Lipinski definition) is 4. The number of amides is 1. The van der Waals surface area contributed by atoms with E-state index in [4.69, 9.17) is 0 Å². The first-order valence-electron chi connectivity index (χ1n) is 12.1. The van der Waals surface area contributed by atoms with E-state index in [1.54, 1.807) is 12.1 Å². The van der Waals surface area contributed by atoms with Crippen LogP contribution in [0.1, 0.15) is 43.6 Å². The third kappa shape index (κ3) is 5.39. The Morgan fingerprint density at radius 3 is 2.71 bits per heavy atom. The van der Waals surface area contributed by atoms with E-state index in [0.29, 0.717) is 17.5 Å². The van der Waals surface area contributed by atoms with Crippen molar-refractivity contribution in [3.63, 3.8) is 0 Å². The SMILES string of the molecule is O=C(Nc1ccc(OC(F)F)cc1)C1NNC2CCC(c3cnn(CC4CCNCC4)c3)CC21. The van der Waals surface area contributed by atoms with Crippen LogP contribution in [0.25, 0.3) is 0 Å². The number of piperidine rings is 1. The molecular weight excluding hydrogens is 442 g/mol. The largest absolute Gasteiger partial charge is 0.435 e. The molecule has 3 aliphatic rings. The Hall–Kier alpha value is -2.56. The number of nitrogens with one attached hydrogen (secondary N) is 4. The number of rotatable bonds is 7. The molecule has 4 unspecified atom stereocenters. The van der Waals surface area contributed by atoms with Gasteiger partial charge in [-0.15, -0.1) is 0 Å². The first kappa shape index (κ1) is 23.2. The number of aromatic nitrogens is 2. The van der Waals surface area contributed by atoms with Crippen molar-refractivity contribution in [2.75, 3.05) is 18.4 Å². The van der Waals surface area contributed by atoms with Crippen LogP contribution < -0.4 is 26.2 Å². The number of nitrogens with zero attached hydrogens (tertiary/aromatic N) is 2. The summed E-state index contributed by atoms with van der Waals surface area (Å²) in [6, 6.07) is 5.85. The van der Waals surface area contributed by atoms with Crippen LogP contribution in [0.15, 0.2) is 36.7 Å². The Bertz CT molecular complexity index is 963. The maximum Gasteiger partial charge on any atom is 0.387 e. The molecule has 10 heteroatoms. The molecule has 2 aromatic rings. The highest BCUT2D eigenvalue weighted by molar-refractivity contribution is 5.95. The predicted octanol–water partition coefficient (Wildman–Crippen LogP) is 2.85. The number of halogens is 2. The maximum absolute atomic E-state index is 13.0. The molecule has 1 aromatic carbocycles. The minimum atomic E-state index is -2.87. The van der Waals surface area contributed by atoms with E-state index in [-0.39, 0.29) is 29.7 Å². The average Bonchev–Trinajstić information content (AvgIpc) is 3.47. The van der Waals surface area contributed by atoms with Gasteiger partial charge in [-0.05, 0) is 86.9 Å². The average molecular weight is 475 g/mol. The van der Waals surface area contributed by atoms with Crippen molar-refractivity contribution in [2.45, 2.75) is 63.3 Å². The van der Waals surface area contributed by atoms with Gasteiger partial charge in [-0.1, -0.05) is 0 Å². The van der Waals surface area contributed by atoms with Gasteiger partial charge in [-0.25, -0.2) is 5.43 Å². The minimum absolute atomic E-state index is 0.0598. The molecule has 0 spiro atoms. The molecule has 1 amide bonds. The van der Waals surface area contributed by atoms with Gasteiger partial charge in [0.1, 0.15) is 11.8 Å². The molecule has 34 heavy (non-hydrogen) atoms. The maximum atomic E-state index is 13.0. The Kier molecular flexibility index (Phi) is 7.07. The normalized spacial score (nSPS) is 27.5. The van der Waals surface area contributed by atoms with E-state index in [2.05, 4.69) is 42.2 Å². The first-order valence-corrected chi connectivity index (χ1v) is 12.1. The molecule has 4 N–H and O–H groups in total. The zero-order chi connectivity index (χ0) is 23.5. The second-order valence-electron chi connectivity index (χ2n) is 9.63. The van der Waals surface area contributed by atoms with Gasteiger partial charge in [-0.2, -0.15) is 13.9 Å². The molecule has 1 aromatic heterocycles. The number of benzene rings is 1. The highest BCUT2D eigenvalue weighted by atomic mass is 19.3. The molecule has 1 saturated carbocycles. The van der Waals surface area contributed by atoms with Gasteiger partial charge < -0.3 is 15.4 Å². The van der Waals surface area contributed by atoms with Gasteiger partial charge in [0.2, 0.25) is 5.91 Å². The number of ether oxygens (including phenoxy) is 1. The van der Waals surface area contributed by atoms with Crippen LogP contribution in [0.4, 0.5) is 14.5 Å². The van der Waals surface area contributed by atoms with Crippen LogP contribution in [0.5, 0.6) is 5.75 Å². The Balaban J connectivity index is 1.19. The highest BCUT2D eigenvalue weighted by Gasteiger charge is 2.44. The molecule has 8 nitrogen and oxygen atoms in total. The van der Waals surface area contributed by atoms with Gasteiger partial charge in [0.05, 0.1) is 6.20 Å². The van der Waals surface area contributed by atoms with E-state index in [9.17, 15) is 13.6 Å². The Morgan fingerprint density at radius 1 is 1.15 bits per heavy atom. The van der Waals surface area contributed by atoms with Crippen molar-refractivity contribution in [1.82, 2.24) is 25.9 Å². The van der Waals surface area contributed by atoms with Gasteiger partial charge in [0.25, 0.3) is 0 Å². The number of anilines is 1. The highest BCUT2D eigenvalue weighted by Crippen LogP contribution is 2.39. The van der Waals surface area contributed by atoms with Gasteiger partial charge in [0, 0.05) is 30.4 Å². The lowest BCUT2D eigenvalue weighted by atomic mass is 9.74. The van der Waals surface area contributed by atoms with E-state index < -0.39 is 6.61 Å². The van der Waals surface area contributed by atoms with Crippen LogP contribution >= 0.6 is 0 Å². The monoisotopic (exact) mass is 474 g/mol. The quantitative estimate of drug-likeness (QED) is 0.493. The second-order valence-corrected chi connectivity index (χ2v) is 9.63. The molecule has 1 aliphatic carbocycles. The van der Waals surface area contributed by atoms with Crippen molar-refractivity contribution < 1.29 is 18.3 Å². The molecule has 184 valence electrons. The molecule has 5 rings (SSSR count). The van der Waals surface area contributed by atoms with Crippen LogP contribution in [0.2, 0.25) is 0 Å². The number of hydrogen-bond acceptors (Lipinski definition) is 6. The van der Waals surface area contributed by atoms with Gasteiger partial charge in [0.15, 0.2) is 0 Å². The summed E-state index contributed by atoms with van der Waals surface area (Å²) >= 11 is 0. The lowest BCUT2D eigenvalue weighted by Gasteiger charge is -2.32. The van der Waals surface area contributed by atoms with Crippen molar-refractivity contribution in [1.29, 1.82) is 0 Å². The fourth-order valence-corrected chi connectivity index (χ4v) is 5.58. The smallest absolute Gasteiger partial charge is 0.387 e. The summed E-state index contributed by atoms with van der Waals surface area (Å²) in [5.74, 6) is 1.14. The van der Waals surface area contributed by atoms with Crippen LogP contribution in [0.3, 0.4) is 0 Å². The molecule has 0 radical (unpaired) electrons. The minimum Gasteiger partial charge on any atom is -0.435 e. The fraction of sp³-hybridized carbons (Fsp3) is 0.583. The molecular formula is C24H32F2N6O2. The molecule has 2 aliphatic heterocycles. The molecule has 4 atom stereocenters. The summed E-state index contributed by atoms with van der Waals surface area (Å²) in [7, 11) is 0. The van der Waals surface area contributed by atoms with Crippen molar-refractivity contribution in [3.05, 3.63) is 42.2 Å². The second kappa shape index (κ2) is 10.4. The zero-order valence-electron chi connectivity index (χ0n) is 19.1. The number of carbonyl (C=O) groups excluding carboxylic acids is 1. The summed E-state index contributed by atoms with van der Waals surface area (Å²) in [6.45, 7) is 0.265. The summed E-state index contributed by atoms with van der Waals surface area (Å²) in [4.78, 5) is 13.0. The molecule has 0 bridgehead atoms. The fourth-order valence-electron chi connectivity index (χ4n) is 5.58. The molecule has 3 fully saturated rings. The molecule has 2 saturated heterocycles. The number of fused-ring (bicyclic) bond motifs is 1. The topological polar surface area (TPSA) is 92.2 Å². The van der Waals surface area contributed by atoms with Crippen LogP contribution in [-0.2, 0) is 11.3 Å². The third-order valence-corrected chi connectivity index (χ3v) is 7.41. The molecule has 3 heterocycles. The van der Waals surface area contributed by atoms with Crippen LogP contribution in [-0.4, -0.2) is 47.5 Å². The third-order valence-electron chi connectivity index (χ3n) is 7.41. The van der Waals surface area contributed by atoms with Crippen molar-refractivity contribution in [3.8, 4) is 5.75 Å². The predicted molar refractivity (Wildman–Crippen MR) is 123 cm³/mol. The number of alkyl halides is 2. The zero-order valence-corrected chi connectivity index (χ0v) is 19.1. The van der Waals surface area contributed by atoms with Crippen molar-refractivity contribution in [2.24, 2.45) is 11.8 Å². The summed E-state index contributed by atoms with van der Waals surface area (Å²) < 4.78 is 31.1. The summed E-state index contributed by atoms with van der Waals surface area (Å²) in [6.07, 6.45) is 9.54. The van der Waals surface area contributed by atoms with E-state index in [1.165, 1.54) is 30.5 Å². The van der Waals surface area contributed by atoms with Gasteiger partial charge >= 0.3 is 6.61 Å². The van der Waals surface area contributed by atoms with Gasteiger partial charge in [-0.3, -0.25) is 14.9 Å². The lowest BCUT2D eigenvalue weighted by molar-refractivity contribution is -0.119. The number of hydrazine groups is 1. The van der Waals surface area contributed by atoms with E-state index >= 15 is 0 Å². The number of carbonyl (C=O) groups is 1. The Morgan fingerprint density at radius 2 is 1.94 bits per heavy atom. The van der Waals surface area contributed by atoms with Crippen molar-refractivity contribution >= 4 is 11.6 Å². The Labute approximate surface area is 197 Å². The first-order chi connectivity index (χ1) is 16.5. The summed E-state index contributed by atoms with van der Waals surface area (Å²) in [5.41, 5.74) is 8.27. The standard InChI is InChI=1S/C24H32F2N6O2/c25-24(26)34-19-4-2-18(3-5-19)29-23(33)22-20-11-16(1-6-21(20)30-31-22)17-12-28-32(14-17)13-15-7-9-27-10-8-15/h2-5,12,14-16,20-22,24,27,30-31H,1,6-11,13H2,(H,29,33).